The number of carbonyl (C=O) groups is 1. The van der Waals surface area contributed by atoms with Gasteiger partial charge in [0.05, 0.1) is 24.1 Å². The molecule has 0 aliphatic heterocycles. The van der Waals surface area contributed by atoms with Crippen molar-refractivity contribution >= 4 is 5.97 Å². The summed E-state index contributed by atoms with van der Waals surface area (Å²) >= 11 is 0. The predicted molar refractivity (Wildman–Crippen MR) is 95.0 cm³/mol. The van der Waals surface area contributed by atoms with E-state index >= 15 is 0 Å². The van der Waals surface area contributed by atoms with E-state index in [2.05, 4.69) is 11.2 Å². The number of hydrogen-bond acceptors (Lipinski definition) is 5. The highest BCUT2D eigenvalue weighted by Crippen LogP contribution is 2.20. The maximum atomic E-state index is 11.7. The van der Waals surface area contributed by atoms with Crippen molar-refractivity contribution in [3.05, 3.63) is 77.5 Å². The molecule has 2 aromatic carbocycles. The standard InChI is InChI=1S/C20H17N3O3/c1-2-25-20(24)16-8-10-18(11-9-16)23-13-17(12-21)19(22-23)26-14-15-6-4-3-5-7-15/h3-11,13H,2,14H2,1H3. The van der Waals surface area contributed by atoms with Gasteiger partial charge in [0.15, 0.2) is 0 Å². The number of carbonyl (C=O) groups excluding carboxylic acids is 1. The van der Waals surface area contributed by atoms with Crippen LogP contribution in [0.15, 0.2) is 60.8 Å². The van der Waals surface area contributed by atoms with Gasteiger partial charge in [-0.25, -0.2) is 9.48 Å². The Bertz CT molecular complexity index is 925. The second kappa shape index (κ2) is 7.99. The van der Waals surface area contributed by atoms with E-state index in [9.17, 15) is 10.1 Å². The Kier molecular flexibility index (Phi) is 5.30. The molecule has 0 amide bonds. The van der Waals surface area contributed by atoms with Crippen LogP contribution in [0.2, 0.25) is 0 Å². The number of rotatable bonds is 6. The summed E-state index contributed by atoms with van der Waals surface area (Å²) in [6.07, 6.45) is 1.60. The normalized spacial score (nSPS) is 10.2. The van der Waals surface area contributed by atoms with Gasteiger partial charge < -0.3 is 9.47 Å². The molecule has 1 aromatic heterocycles. The first-order valence-electron chi connectivity index (χ1n) is 8.15. The van der Waals surface area contributed by atoms with Gasteiger partial charge in [0, 0.05) is 0 Å². The lowest BCUT2D eigenvalue weighted by Crippen LogP contribution is -2.05. The second-order valence-corrected chi connectivity index (χ2v) is 5.45. The van der Waals surface area contributed by atoms with Crippen molar-refractivity contribution in [1.29, 1.82) is 5.26 Å². The maximum Gasteiger partial charge on any atom is 0.338 e. The Morgan fingerprint density at radius 1 is 1.15 bits per heavy atom. The average molecular weight is 347 g/mol. The van der Waals surface area contributed by atoms with Crippen LogP contribution in [-0.4, -0.2) is 22.4 Å². The van der Waals surface area contributed by atoms with Gasteiger partial charge in [-0.1, -0.05) is 30.3 Å². The van der Waals surface area contributed by atoms with E-state index in [0.29, 0.717) is 30.0 Å². The summed E-state index contributed by atoms with van der Waals surface area (Å²) in [6, 6.07) is 18.5. The molecular weight excluding hydrogens is 330 g/mol. The summed E-state index contributed by atoms with van der Waals surface area (Å²) in [5.74, 6) is -0.102. The molecule has 0 spiro atoms. The summed E-state index contributed by atoms with van der Waals surface area (Å²) in [5.41, 5.74) is 2.51. The van der Waals surface area contributed by atoms with Crippen LogP contribution in [0.4, 0.5) is 0 Å². The third-order valence-corrected chi connectivity index (χ3v) is 3.66. The molecular formula is C20H17N3O3. The molecule has 26 heavy (non-hydrogen) atoms. The van der Waals surface area contributed by atoms with Gasteiger partial charge in [-0.15, -0.1) is 5.10 Å². The molecule has 1 heterocycles. The zero-order valence-electron chi connectivity index (χ0n) is 14.3. The van der Waals surface area contributed by atoms with Crippen LogP contribution in [-0.2, 0) is 11.3 Å². The first-order chi connectivity index (χ1) is 12.7. The van der Waals surface area contributed by atoms with Crippen molar-refractivity contribution in [2.75, 3.05) is 6.61 Å². The molecule has 0 fully saturated rings. The molecule has 3 rings (SSSR count). The van der Waals surface area contributed by atoms with Gasteiger partial charge in [0.1, 0.15) is 18.2 Å². The maximum absolute atomic E-state index is 11.7. The highest BCUT2D eigenvalue weighted by atomic mass is 16.5. The molecule has 0 aliphatic rings. The lowest BCUT2D eigenvalue weighted by Gasteiger charge is -2.05. The zero-order valence-corrected chi connectivity index (χ0v) is 14.3. The van der Waals surface area contributed by atoms with Crippen molar-refractivity contribution in [2.45, 2.75) is 13.5 Å². The summed E-state index contributed by atoms with van der Waals surface area (Å²) < 4.78 is 12.2. The molecule has 0 unspecified atom stereocenters. The third-order valence-electron chi connectivity index (χ3n) is 3.66. The lowest BCUT2D eigenvalue weighted by molar-refractivity contribution is 0.0526. The minimum atomic E-state index is -0.371. The number of hydrogen-bond donors (Lipinski definition) is 0. The lowest BCUT2D eigenvalue weighted by atomic mass is 10.2. The summed E-state index contributed by atoms with van der Waals surface area (Å²) in [5, 5.41) is 13.6. The molecule has 0 bridgehead atoms. The van der Waals surface area contributed by atoms with Gasteiger partial charge in [-0.05, 0) is 36.8 Å². The first-order valence-corrected chi connectivity index (χ1v) is 8.15. The van der Waals surface area contributed by atoms with Crippen molar-refractivity contribution < 1.29 is 14.3 Å². The molecule has 0 radical (unpaired) electrons. The molecule has 0 aliphatic carbocycles. The van der Waals surface area contributed by atoms with Crippen molar-refractivity contribution in [3.63, 3.8) is 0 Å². The van der Waals surface area contributed by atoms with E-state index in [1.54, 1.807) is 42.1 Å². The van der Waals surface area contributed by atoms with Crippen LogP contribution in [0.1, 0.15) is 28.4 Å². The molecule has 3 aromatic rings. The number of benzene rings is 2. The Morgan fingerprint density at radius 2 is 1.88 bits per heavy atom. The van der Waals surface area contributed by atoms with Crippen LogP contribution in [0.5, 0.6) is 5.88 Å². The SMILES string of the molecule is CCOC(=O)c1ccc(-n2cc(C#N)c(OCc3ccccc3)n2)cc1. The minimum Gasteiger partial charge on any atom is -0.471 e. The van der Waals surface area contributed by atoms with E-state index in [-0.39, 0.29) is 11.8 Å². The number of nitrogens with zero attached hydrogens (tertiary/aromatic N) is 3. The summed E-state index contributed by atoms with van der Waals surface area (Å²) in [4.78, 5) is 11.7. The number of aromatic nitrogens is 2. The van der Waals surface area contributed by atoms with Gasteiger partial charge >= 0.3 is 5.97 Å². The van der Waals surface area contributed by atoms with Gasteiger partial charge in [-0.2, -0.15) is 5.26 Å². The fourth-order valence-corrected chi connectivity index (χ4v) is 2.36. The minimum absolute atomic E-state index is 0.269. The van der Waals surface area contributed by atoms with Crippen molar-refractivity contribution in [1.82, 2.24) is 9.78 Å². The van der Waals surface area contributed by atoms with E-state index in [1.165, 1.54) is 0 Å². The Labute approximate surface area is 151 Å². The van der Waals surface area contributed by atoms with Gasteiger partial charge in [0.25, 0.3) is 5.88 Å². The fraction of sp³-hybridized carbons (Fsp3) is 0.150. The Balaban J connectivity index is 1.77. The van der Waals surface area contributed by atoms with Crippen molar-refractivity contribution in [3.8, 4) is 17.6 Å². The fourth-order valence-electron chi connectivity index (χ4n) is 2.36. The second-order valence-electron chi connectivity index (χ2n) is 5.45. The van der Waals surface area contributed by atoms with Crippen LogP contribution in [0.3, 0.4) is 0 Å². The predicted octanol–water partition coefficient (Wildman–Crippen LogP) is 3.50. The molecule has 0 saturated heterocycles. The van der Waals surface area contributed by atoms with Crippen LogP contribution < -0.4 is 4.74 Å². The largest absolute Gasteiger partial charge is 0.471 e. The highest BCUT2D eigenvalue weighted by Gasteiger charge is 2.12. The number of nitriles is 1. The van der Waals surface area contributed by atoms with E-state index < -0.39 is 0 Å². The molecule has 6 heteroatoms. The quantitative estimate of drug-likeness (QED) is 0.638. The molecule has 130 valence electrons. The van der Waals surface area contributed by atoms with Gasteiger partial charge in [0.2, 0.25) is 0 Å². The van der Waals surface area contributed by atoms with Gasteiger partial charge in [-0.3, -0.25) is 0 Å². The summed E-state index contributed by atoms with van der Waals surface area (Å²) in [6.45, 7) is 2.41. The van der Waals surface area contributed by atoms with E-state index in [1.807, 2.05) is 30.3 Å². The monoisotopic (exact) mass is 347 g/mol. The zero-order chi connectivity index (χ0) is 18.4. The first kappa shape index (κ1) is 17.2. The Morgan fingerprint density at radius 3 is 2.54 bits per heavy atom. The van der Waals surface area contributed by atoms with E-state index in [0.717, 1.165) is 5.56 Å². The van der Waals surface area contributed by atoms with E-state index in [4.69, 9.17) is 9.47 Å². The molecule has 0 atom stereocenters. The smallest absolute Gasteiger partial charge is 0.338 e. The molecule has 6 nitrogen and oxygen atoms in total. The summed E-state index contributed by atoms with van der Waals surface area (Å²) in [7, 11) is 0. The third kappa shape index (κ3) is 3.90. The average Bonchev–Trinajstić information content (AvgIpc) is 3.11. The molecule has 0 N–H and O–H groups in total. The van der Waals surface area contributed by atoms with Crippen molar-refractivity contribution in [2.24, 2.45) is 0 Å². The number of esters is 1. The highest BCUT2D eigenvalue weighted by molar-refractivity contribution is 5.89. The van der Waals surface area contributed by atoms with Crippen LogP contribution >= 0.6 is 0 Å². The van der Waals surface area contributed by atoms with Crippen LogP contribution in [0, 0.1) is 11.3 Å². The Hall–Kier alpha value is -3.59. The topological polar surface area (TPSA) is 77.1 Å². The molecule has 0 saturated carbocycles. The van der Waals surface area contributed by atoms with Crippen LogP contribution in [0.25, 0.3) is 5.69 Å². The number of ether oxygens (including phenoxy) is 2.